The second-order valence-corrected chi connectivity index (χ2v) is 4.65. The number of methoxy groups -OCH3 is 2. The lowest BCUT2D eigenvalue weighted by atomic mass is 10.00. The van der Waals surface area contributed by atoms with Crippen molar-refractivity contribution in [3.8, 4) is 17.2 Å². The fourth-order valence-corrected chi connectivity index (χ4v) is 2.00. The van der Waals surface area contributed by atoms with Gasteiger partial charge in [0.15, 0.2) is 0 Å². The van der Waals surface area contributed by atoms with Gasteiger partial charge in [0, 0.05) is 0 Å². The van der Waals surface area contributed by atoms with Crippen LogP contribution in [0.1, 0.15) is 11.5 Å². The maximum absolute atomic E-state index is 12.0. The predicted molar refractivity (Wildman–Crippen MR) is 81.4 cm³/mol. The number of hydrogen-bond donors (Lipinski definition) is 1. The van der Waals surface area contributed by atoms with Crippen LogP contribution >= 0.6 is 0 Å². The lowest BCUT2D eigenvalue weighted by Crippen LogP contribution is -2.21. The second kappa shape index (κ2) is 7.36. The third kappa shape index (κ3) is 3.91. The molecule has 5 heteroatoms. The van der Waals surface area contributed by atoms with E-state index >= 15 is 0 Å². The molecule has 1 atom stereocenters. The Morgan fingerprint density at radius 3 is 2.14 bits per heavy atom. The molecule has 22 heavy (non-hydrogen) atoms. The Kier molecular flexibility index (Phi) is 5.25. The van der Waals surface area contributed by atoms with E-state index in [-0.39, 0.29) is 18.3 Å². The van der Waals surface area contributed by atoms with Crippen molar-refractivity contribution >= 4 is 5.97 Å². The van der Waals surface area contributed by atoms with Gasteiger partial charge in [-0.25, -0.2) is 0 Å². The number of hydrogen-bond acceptors (Lipinski definition) is 5. The van der Waals surface area contributed by atoms with Gasteiger partial charge in [-0.1, -0.05) is 12.1 Å². The highest BCUT2D eigenvalue weighted by atomic mass is 16.5. The normalized spacial score (nSPS) is 11.5. The van der Waals surface area contributed by atoms with Gasteiger partial charge in [0.1, 0.15) is 29.8 Å². The van der Waals surface area contributed by atoms with Crippen LogP contribution in [-0.4, -0.2) is 31.9 Å². The molecule has 1 unspecified atom stereocenters. The van der Waals surface area contributed by atoms with E-state index in [0.29, 0.717) is 11.5 Å². The number of ether oxygens (including phenoxy) is 3. The van der Waals surface area contributed by atoms with Crippen LogP contribution in [0.5, 0.6) is 17.2 Å². The number of carbonyl (C=O) groups excluding carboxylic acids is 1. The molecule has 0 aromatic heterocycles. The van der Waals surface area contributed by atoms with E-state index in [1.807, 2.05) is 0 Å². The van der Waals surface area contributed by atoms with Gasteiger partial charge in [-0.05, 0) is 42.0 Å². The first-order valence-electron chi connectivity index (χ1n) is 6.77. The molecule has 5 nitrogen and oxygen atoms in total. The van der Waals surface area contributed by atoms with Crippen molar-refractivity contribution in [2.45, 2.75) is 5.92 Å². The Morgan fingerprint density at radius 1 is 1.00 bits per heavy atom. The lowest BCUT2D eigenvalue weighted by molar-refractivity contribution is -0.143. The van der Waals surface area contributed by atoms with Crippen LogP contribution in [0.3, 0.4) is 0 Å². The van der Waals surface area contributed by atoms with E-state index < -0.39 is 5.92 Å². The van der Waals surface area contributed by atoms with Crippen molar-refractivity contribution in [3.05, 3.63) is 54.1 Å². The predicted octanol–water partition coefficient (Wildman–Crippen LogP) is 2.74. The molecule has 2 aromatic carbocycles. The number of aromatic hydroxyl groups is 1. The number of esters is 1. The molecule has 0 aliphatic carbocycles. The highest BCUT2D eigenvalue weighted by Gasteiger charge is 2.22. The number of phenols is 1. The number of benzene rings is 2. The summed E-state index contributed by atoms with van der Waals surface area (Å²) in [7, 11) is 2.93. The smallest absolute Gasteiger partial charge is 0.316 e. The zero-order valence-corrected chi connectivity index (χ0v) is 12.5. The molecule has 2 aromatic rings. The van der Waals surface area contributed by atoms with Crippen molar-refractivity contribution < 1.29 is 24.1 Å². The third-order valence-corrected chi connectivity index (χ3v) is 3.26. The Bertz CT molecular complexity index is 604. The Morgan fingerprint density at radius 2 is 1.59 bits per heavy atom. The van der Waals surface area contributed by atoms with Crippen LogP contribution in [0.2, 0.25) is 0 Å². The Hall–Kier alpha value is -2.69. The summed E-state index contributed by atoms with van der Waals surface area (Å²) < 4.78 is 15.6. The molecule has 0 aliphatic rings. The Balaban J connectivity index is 2.11. The lowest BCUT2D eigenvalue weighted by Gasteiger charge is -2.16. The first-order chi connectivity index (χ1) is 10.6. The van der Waals surface area contributed by atoms with Crippen molar-refractivity contribution in [2.75, 3.05) is 20.8 Å². The highest BCUT2D eigenvalue weighted by molar-refractivity contribution is 5.78. The molecule has 0 fully saturated rings. The van der Waals surface area contributed by atoms with Gasteiger partial charge in [-0.15, -0.1) is 0 Å². The number of carbonyl (C=O) groups is 1. The van der Waals surface area contributed by atoms with E-state index in [4.69, 9.17) is 14.2 Å². The van der Waals surface area contributed by atoms with Gasteiger partial charge in [0.05, 0.1) is 14.2 Å². The summed E-state index contributed by atoms with van der Waals surface area (Å²) in [4.78, 5) is 12.0. The maximum atomic E-state index is 12.0. The van der Waals surface area contributed by atoms with Crippen molar-refractivity contribution in [1.82, 2.24) is 0 Å². The average molecular weight is 302 g/mol. The first kappa shape index (κ1) is 15.7. The van der Waals surface area contributed by atoms with Crippen LogP contribution in [0, 0.1) is 0 Å². The minimum absolute atomic E-state index is 0.143. The van der Waals surface area contributed by atoms with Crippen molar-refractivity contribution in [1.29, 1.82) is 0 Å². The molecule has 0 bridgehead atoms. The van der Waals surface area contributed by atoms with Crippen LogP contribution < -0.4 is 9.47 Å². The van der Waals surface area contributed by atoms with Gasteiger partial charge in [-0.3, -0.25) is 4.79 Å². The summed E-state index contributed by atoms with van der Waals surface area (Å²) in [5, 5.41) is 9.25. The molecular weight excluding hydrogens is 284 g/mol. The molecule has 0 radical (unpaired) electrons. The SMILES string of the molecule is COC(=O)C(COc1ccc(O)cc1)c1ccc(OC)cc1. The first-order valence-corrected chi connectivity index (χ1v) is 6.77. The molecule has 2 rings (SSSR count). The van der Waals surface area contributed by atoms with E-state index in [1.54, 1.807) is 43.5 Å². The van der Waals surface area contributed by atoms with Crippen molar-refractivity contribution in [3.63, 3.8) is 0 Å². The summed E-state index contributed by atoms with van der Waals surface area (Å²) in [6.45, 7) is 0.143. The van der Waals surface area contributed by atoms with E-state index in [0.717, 1.165) is 5.56 Å². The highest BCUT2D eigenvalue weighted by Crippen LogP contribution is 2.23. The summed E-state index contributed by atoms with van der Waals surface area (Å²) in [6.07, 6.45) is 0. The average Bonchev–Trinajstić information content (AvgIpc) is 2.57. The van der Waals surface area contributed by atoms with Crippen LogP contribution in [0.4, 0.5) is 0 Å². The molecular formula is C17H18O5. The summed E-state index contributed by atoms with van der Waals surface area (Å²) in [5.41, 5.74) is 0.784. The van der Waals surface area contributed by atoms with Gasteiger partial charge < -0.3 is 19.3 Å². The summed E-state index contributed by atoms with van der Waals surface area (Å²) in [5.74, 6) is 0.535. The molecule has 1 N–H and O–H groups in total. The van der Waals surface area contributed by atoms with Crippen LogP contribution in [0.15, 0.2) is 48.5 Å². The zero-order valence-electron chi connectivity index (χ0n) is 12.5. The van der Waals surface area contributed by atoms with Gasteiger partial charge in [0.2, 0.25) is 0 Å². The van der Waals surface area contributed by atoms with Gasteiger partial charge in [-0.2, -0.15) is 0 Å². The van der Waals surface area contributed by atoms with E-state index in [2.05, 4.69) is 0 Å². The minimum atomic E-state index is -0.537. The maximum Gasteiger partial charge on any atom is 0.316 e. The van der Waals surface area contributed by atoms with Crippen LogP contribution in [-0.2, 0) is 9.53 Å². The quantitative estimate of drug-likeness (QED) is 0.831. The fraction of sp³-hybridized carbons (Fsp3) is 0.235. The van der Waals surface area contributed by atoms with E-state index in [9.17, 15) is 9.90 Å². The molecule has 0 spiro atoms. The molecule has 116 valence electrons. The van der Waals surface area contributed by atoms with E-state index in [1.165, 1.54) is 19.2 Å². The summed E-state index contributed by atoms with van der Waals surface area (Å²) in [6, 6.07) is 13.5. The van der Waals surface area contributed by atoms with Crippen molar-refractivity contribution in [2.24, 2.45) is 0 Å². The monoisotopic (exact) mass is 302 g/mol. The molecule has 0 aliphatic heterocycles. The van der Waals surface area contributed by atoms with Gasteiger partial charge in [0.25, 0.3) is 0 Å². The zero-order chi connectivity index (χ0) is 15.9. The topological polar surface area (TPSA) is 65.0 Å². The molecule has 0 amide bonds. The van der Waals surface area contributed by atoms with Crippen LogP contribution in [0.25, 0.3) is 0 Å². The third-order valence-electron chi connectivity index (χ3n) is 3.26. The summed E-state index contributed by atoms with van der Waals surface area (Å²) >= 11 is 0. The standard InChI is InChI=1S/C17H18O5/c1-20-14-7-3-12(4-8-14)16(17(19)21-2)11-22-15-9-5-13(18)6-10-15/h3-10,16,18H,11H2,1-2H3. The molecule has 0 saturated heterocycles. The minimum Gasteiger partial charge on any atom is -0.508 e. The largest absolute Gasteiger partial charge is 0.508 e. The fourth-order valence-electron chi connectivity index (χ4n) is 2.00. The molecule has 0 heterocycles. The molecule has 0 saturated carbocycles. The number of phenolic OH excluding ortho intramolecular Hbond substituents is 1. The second-order valence-electron chi connectivity index (χ2n) is 4.65. The van der Waals surface area contributed by atoms with Gasteiger partial charge >= 0.3 is 5.97 Å². The Labute approximate surface area is 129 Å². The number of rotatable bonds is 6.